The first-order chi connectivity index (χ1) is 9.02. The summed E-state index contributed by atoms with van der Waals surface area (Å²) in [5.41, 5.74) is 0.831. The molecule has 0 saturated carbocycles. The Balaban J connectivity index is 2.31. The normalized spacial score (nSPS) is 12.3. The lowest BCUT2D eigenvalue weighted by atomic mass is 10.2. The van der Waals surface area contributed by atoms with Crippen LogP contribution in [0.1, 0.15) is 18.8 Å². The molecular weight excluding hydrogens is 330 g/mol. The lowest BCUT2D eigenvalue weighted by Crippen LogP contribution is -2.12. The standard InChI is InChI=1S/C13H15BrClN3O/c1-8(13-16-4-5-18(13)2)17-11-7-9(15)6-10(14)12(11)19-3/h4-8,17H,1-3H3. The number of methoxy groups -OCH3 is 1. The van der Waals surface area contributed by atoms with Crippen LogP contribution in [-0.2, 0) is 7.05 Å². The number of nitrogens with one attached hydrogen (secondary N) is 1. The molecule has 0 saturated heterocycles. The van der Waals surface area contributed by atoms with Crippen LogP contribution in [0.2, 0.25) is 5.02 Å². The Kier molecular flexibility index (Phi) is 4.37. The number of ether oxygens (including phenoxy) is 1. The van der Waals surface area contributed by atoms with Gasteiger partial charge in [-0.25, -0.2) is 4.98 Å². The minimum atomic E-state index is 0.0410. The van der Waals surface area contributed by atoms with Crippen molar-refractivity contribution >= 4 is 33.2 Å². The van der Waals surface area contributed by atoms with Crippen LogP contribution in [0.5, 0.6) is 5.75 Å². The zero-order chi connectivity index (χ0) is 14.0. The number of rotatable bonds is 4. The number of anilines is 1. The summed E-state index contributed by atoms with van der Waals surface area (Å²) in [6.07, 6.45) is 3.69. The highest BCUT2D eigenvalue weighted by Gasteiger charge is 2.15. The highest BCUT2D eigenvalue weighted by Crippen LogP contribution is 2.37. The van der Waals surface area contributed by atoms with E-state index in [4.69, 9.17) is 16.3 Å². The molecule has 1 unspecified atom stereocenters. The van der Waals surface area contributed by atoms with Gasteiger partial charge in [0, 0.05) is 24.5 Å². The van der Waals surface area contributed by atoms with E-state index in [2.05, 4.69) is 26.2 Å². The Morgan fingerprint density at radius 3 is 2.79 bits per heavy atom. The molecule has 0 bridgehead atoms. The SMILES string of the molecule is COc1c(Br)cc(Cl)cc1NC(C)c1nccn1C. The first-order valence-electron chi connectivity index (χ1n) is 5.79. The van der Waals surface area contributed by atoms with E-state index in [1.165, 1.54) is 0 Å². The molecule has 19 heavy (non-hydrogen) atoms. The van der Waals surface area contributed by atoms with E-state index >= 15 is 0 Å². The average molecular weight is 345 g/mol. The summed E-state index contributed by atoms with van der Waals surface area (Å²) in [7, 11) is 3.59. The fourth-order valence-corrected chi connectivity index (χ4v) is 2.94. The topological polar surface area (TPSA) is 39.1 Å². The summed E-state index contributed by atoms with van der Waals surface area (Å²) in [6.45, 7) is 2.04. The summed E-state index contributed by atoms with van der Waals surface area (Å²) in [4.78, 5) is 4.33. The Morgan fingerprint density at radius 1 is 1.47 bits per heavy atom. The van der Waals surface area contributed by atoms with Gasteiger partial charge in [-0.2, -0.15) is 0 Å². The minimum Gasteiger partial charge on any atom is -0.493 e. The van der Waals surface area contributed by atoms with Crippen LogP contribution in [0.25, 0.3) is 0 Å². The number of nitrogens with zero attached hydrogens (tertiary/aromatic N) is 2. The third kappa shape index (κ3) is 3.04. The molecule has 1 N–H and O–H groups in total. The Bertz CT molecular complexity index is 585. The quantitative estimate of drug-likeness (QED) is 0.910. The van der Waals surface area contributed by atoms with Gasteiger partial charge < -0.3 is 14.6 Å². The molecule has 1 aromatic heterocycles. The molecule has 1 heterocycles. The van der Waals surface area contributed by atoms with Gasteiger partial charge in [-0.05, 0) is 35.0 Å². The van der Waals surface area contributed by atoms with E-state index in [1.54, 1.807) is 19.4 Å². The molecule has 1 atom stereocenters. The van der Waals surface area contributed by atoms with Gasteiger partial charge in [0.1, 0.15) is 5.82 Å². The Morgan fingerprint density at radius 2 is 2.21 bits per heavy atom. The van der Waals surface area contributed by atoms with Crippen molar-refractivity contribution in [1.82, 2.24) is 9.55 Å². The summed E-state index contributed by atoms with van der Waals surface area (Å²) in [5.74, 6) is 1.67. The number of aromatic nitrogens is 2. The lowest BCUT2D eigenvalue weighted by Gasteiger charge is -2.18. The Labute approximate surface area is 125 Å². The molecule has 102 valence electrons. The van der Waals surface area contributed by atoms with Crippen molar-refractivity contribution < 1.29 is 4.74 Å². The van der Waals surface area contributed by atoms with Gasteiger partial charge in [-0.1, -0.05) is 11.6 Å². The molecule has 4 nitrogen and oxygen atoms in total. The van der Waals surface area contributed by atoms with Crippen LogP contribution >= 0.6 is 27.5 Å². The fourth-order valence-electron chi connectivity index (χ4n) is 1.97. The van der Waals surface area contributed by atoms with E-state index in [-0.39, 0.29) is 6.04 Å². The molecule has 2 rings (SSSR count). The van der Waals surface area contributed by atoms with Crippen LogP contribution in [0, 0.1) is 0 Å². The van der Waals surface area contributed by atoms with Gasteiger partial charge in [0.15, 0.2) is 5.75 Å². The number of hydrogen-bond donors (Lipinski definition) is 1. The maximum Gasteiger partial charge on any atom is 0.156 e. The van der Waals surface area contributed by atoms with Crippen LogP contribution in [0.3, 0.4) is 0 Å². The molecule has 0 amide bonds. The molecule has 0 aliphatic heterocycles. The van der Waals surface area contributed by atoms with Gasteiger partial charge in [0.05, 0.1) is 23.3 Å². The number of hydrogen-bond acceptors (Lipinski definition) is 3. The van der Waals surface area contributed by atoms with Crippen molar-refractivity contribution in [2.75, 3.05) is 12.4 Å². The second-order valence-electron chi connectivity index (χ2n) is 4.23. The summed E-state index contributed by atoms with van der Waals surface area (Å²) < 4.78 is 8.18. The van der Waals surface area contributed by atoms with Crippen LogP contribution in [0.4, 0.5) is 5.69 Å². The van der Waals surface area contributed by atoms with E-state index in [0.29, 0.717) is 5.02 Å². The first-order valence-corrected chi connectivity index (χ1v) is 6.96. The minimum absolute atomic E-state index is 0.0410. The van der Waals surface area contributed by atoms with E-state index in [0.717, 1.165) is 21.7 Å². The van der Waals surface area contributed by atoms with Gasteiger partial charge >= 0.3 is 0 Å². The van der Waals surface area contributed by atoms with Gasteiger partial charge in [-0.3, -0.25) is 0 Å². The van der Waals surface area contributed by atoms with Crippen molar-refractivity contribution in [3.63, 3.8) is 0 Å². The molecular formula is C13H15BrClN3O. The van der Waals surface area contributed by atoms with Gasteiger partial charge in [0.25, 0.3) is 0 Å². The summed E-state index contributed by atoms with van der Waals surface area (Å²) in [6, 6.07) is 3.68. The highest BCUT2D eigenvalue weighted by atomic mass is 79.9. The largest absolute Gasteiger partial charge is 0.493 e. The maximum absolute atomic E-state index is 6.07. The molecule has 0 aliphatic carbocycles. The number of aryl methyl sites for hydroxylation is 1. The second-order valence-corrected chi connectivity index (χ2v) is 5.52. The van der Waals surface area contributed by atoms with Crippen LogP contribution in [-0.4, -0.2) is 16.7 Å². The number of benzene rings is 1. The monoisotopic (exact) mass is 343 g/mol. The summed E-state index contributed by atoms with van der Waals surface area (Å²) >= 11 is 9.51. The van der Waals surface area contributed by atoms with E-state index in [9.17, 15) is 0 Å². The predicted molar refractivity (Wildman–Crippen MR) is 80.9 cm³/mol. The van der Waals surface area contributed by atoms with Crippen molar-refractivity contribution in [3.05, 3.63) is 39.8 Å². The molecule has 0 aliphatic rings. The Hall–Kier alpha value is -1.20. The van der Waals surface area contributed by atoms with Crippen LogP contribution in [0.15, 0.2) is 29.0 Å². The number of halogens is 2. The van der Waals surface area contributed by atoms with E-state index in [1.807, 2.05) is 30.8 Å². The molecule has 6 heteroatoms. The molecule has 0 radical (unpaired) electrons. The highest BCUT2D eigenvalue weighted by molar-refractivity contribution is 9.10. The summed E-state index contributed by atoms with van der Waals surface area (Å²) in [5, 5.41) is 4.00. The molecule has 0 fully saturated rings. The predicted octanol–water partition coefficient (Wildman–Crippen LogP) is 4.02. The number of imidazole rings is 1. The third-order valence-corrected chi connectivity index (χ3v) is 3.64. The van der Waals surface area contributed by atoms with Crippen molar-refractivity contribution in [2.24, 2.45) is 7.05 Å². The molecule has 0 spiro atoms. The van der Waals surface area contributed by atoms with Crippen molar-refractivity contribution in [2.45, 2.75) is 13.0 Å². The third-order valence-electron chi connectivity index (χ3n) is 2.83. The van der Waals surface area contributed by atoms with Crippen molar-refractivity contribution in [3.8, 4) is 5.75 Å². The van der Waals surface area contributed by atoms with E-state index < -0.39 is 0 Å². The van der Waals surface area contributed by atoms with Crippen molar-refractivity contribution in [1.29, 1.82) is 0 Å². The van der Waals surface area contributed by atoms with Crippen LogP contribution < -0.4 is 10.1 Å². The second kappa shape index (κ2) is 5.84. The average Bonchev–Trinajstić information content (AvgIpc) is 2.75. The lowest BCUT2D eigenvalue weighted by molar-refractivity contribution is 0.413. The molecule has 1 aromatic carbocycles. The smallest absolute Gasteiger partial charge is 0.156 e. The fraction of sp³-hybridized carbons (Fsp3) is 0.308. The van der Waals surface area contributed by atoms with Gasteiger partial charge in [0.2, 0.25) is 0 Å². The zero-order valence-electron chi connectivity index (χ0n) is 10.9. The maximum atomic E-state index is 6.07. The first kappa shape index (κ1) is 14.2. The zero-order valence-corrected chi connectivity index (χ0v) is 13.3. The molecule has 2 aromatic rings. The van der Waals surface area contributed by atoms with Gasteiger partial charge in [-0.15, -0.1) is 0 Å².